The van der Waals surface area contributed by atoms with E-state index in [1.54, 1.807) is 15.5 Å². The maximum Gasteiger partial charge on any atom is 0.270 e. The van der Waals surface area contributed by atoms with E-state index in [1.165, 1.54) is 11.6 Å². The van der Waals surface area contributed by atoms with Crippen LogP contribution in [0.25, 0.3) is 16.7 Å². The highest BCUT2D eigenvalue weighted by molar-refractivity contribution is 5.97. The van der Waals surface area contributed by atoms with E-state index >= 15 is 0 Å². The van der Waals surface area contributed by atoms with Crippen LogP contribution in [0.4, 0.5) is 0 Å². The highest BCUT2D eigenvalue weighted by Gasteiger charge is 2.21. The number of amides is 1. The zero-order valence-corrected chi connectivity index (χ0v) is 14.7. The third-order valence-corrected chi connectivity index (χ3v) is 4.81. The average molecular weight is 351 g/mol. The Kier molecular flexibility index (Phi) is 4.34. The van der Waals surface area contributed by atoms with Gasteiger partial charge in [-0.25, -0.2) is 0 Å². The molecule has 1 saturated heterocycles. The van der Waals surface area contributed by atoms with Crippen LogP contribution in [0, 0.1) is 0 Å². The van der Waals surface area contributed by atoms with E-state index in [-0.39, 0.29) is 11.5 Å². The number of aryl methyl sites for hydroxylation is 1. The van der Waals surface area contributed by atoms with E-state index in [1.807, 2.05) is 30.3 Å². The van der Waals surface area contributed by atoms with Gasteiger partial charge in [-0.15, -0.1) is 0 Å². The van der Waals surface area contributed by atoms with Crippen LogP contribution in [0.1, 0.15) is 23.0 Å². The van der Waals surface area contributed by atoms with Crippen LogP contribution in [0.2, 0.25) is 0 Å². The maximum atomic E-state index is 12.7. The monoisotopic (exact) mass is 351 g/mol. The molecule has 1 aliphatic heterocycles. The third kappa shape index (κ3) is 2.93. The minimum Gasteiger partial charge on any atom is -0.378 e. The van der Waals surface area contributed by atoms with Gasteiger partial charge in [-0.3, -0.25) is 14.2 Å². The first-order valence-electron chi connectivity index (χ1n) is 8.88. The Morgan fingerprint density at radius 3 is 2.54 bits per heavy atom. The molecule has 3 heterocycles. The highest BCUT2D eigenvalue weighted by atomic mass is 16.5. The molecule has 0 aliphatic carbocycles. The molecule has 0 bridgehead atoms. The molecule has 26 heavy (non-hydrogen) atoms. The predicted molar refractivity (Wildman–Crippen MR) is 100.0 cm³/mol. The van der Waals surface area contributed by atoms with E-state index in [9.17, 15) is 9.59 Å². The Morgan fingerprint density at radius 1 is 1.12 bits per heavy atom. The number of ether oxygens (including phenoxy) is 1. The Bertz CT molecular complexity index is 995. The number of carbonyl (C=O) groups is 1. The maximum absolute atomic E-state index is 12.7. The van der Waals surface area contributed by atoms with Crippen LogP contribution in [0.15, 0.2) is 47.3 Å². The minimum absolute atomic E-state index is 0.0650. The fraction of sp³-hybridized carbons (Fsp3) is 0.300. The number of aromatic amines is 1. The molecule has 0 saturated carbocycles. The van der Waals surface area contributed by atoms with Gasteiger partial charge in [0.05, 0.1) is 18.9 Å². The minimum atomic E-state index is -0.131. The predicted octanol–water partition coefficient (Wildman–Crippen LogP) is 2.35. The van der Waals surface area contributed by atoms with Gasteiger partial charge in [0.15, 0.2) is 0 Å². The molecule has 3 aromatic rings. The summed E-state index contributed by atoms with van der Waals surface area (Å²) in [4.78, 5) is 30.2. The number of hydrogen-bond acceptors (Lipinski definition) is 3. The van der Waals surface area contributed by atoms with E-state index in [2.05, 4.69) is 11.9 Å². The zero-order chi connectivity index (χ0) is 18.1. The molecule has 134 valence electrons. The lowest BCUT2D eigenvalue weighted by atomic mass is 10.1. The summed E-state index contributed by atoms with van der Waals surface area (Å²) in [7, 11) is 0. The first kappa shape index (κ1) is 16.6. The summed E-state index contributed by atoms with van der Waals surface area (Å²) in [6.07, 6.45) is 0.945. The summed E-state index contributed by atoms with van der Waals surface area (Å²) in [6, 6.07) is 13.0. The smallest absolute Gasteiger partial charge is 0.270 e. The second-order valence-electron chi connectivity index (χ2n) is 6.42. The molecule has 1 amide bonds. The van der Waals surface area contributed by atoms with Crippen molar-refractivity contribution in [1.29, 1.82) is 0 Å². The second-order valence-corrected chi connectivity index (χ2v) is 6.42. The summed E-state index contributed by atoms with van der Waals surface area (Å²) < 4.78 is 6.92. The number of pyridine rings is 1. The van der Waals surface area contributed by atoms with Gasteiger partial charge >= 0.3 is 0 Å². The first-order valence-corrected chi connectivity index (χ1v) is 8.88. The SMILES string of the molecule is CCc1ccc(-n2c(=O)ccc3cc(C(=O)N4CCOCC4)[nH]c32)cc1. The van der Waals surface area contributed by atoms with E-state index in [4.69, 9.17) is 4.74 Å². The molecule has 6 nitrogen and oxygen atoms in total. The summed E-state index contributed by atoms with van der Waals surface area (Å²) in [5, 5.41) is 0.834. The molecule has 0 spiro atoms. The van der Waals surface area contributed by atoms with Crippen molar-refractivity contribution < 1.29 is 9.53 Å². The molecular formula is C20H21N3O3. The van der Waals surface area contributed by atoms with Crippen molar-refractivity contribution in [2.24, 2.45) is 0 Å². The van der Waals surface area contributed by atoms with Gasteiger partial charge < -0.3 is 14.6 Å². The average Bonchev–Trinajstić information content (AvgIpc) is 3.12. The number of carbonyl (C=O) groups excluding carboxylic acids is 1. The van der Waals surface area contributed by atoms with Crippen LogP contribution >= 0.6 is 0 Å². The van der Waals surface area contributed by atoms with Gasteiger partial charge in [0, 0.05) is 24.5 Å². The number of benzene rings is 1. The van der Waals surface area contributed by atoms with Crippen molar-refractivity contribution in [2.45, 2.75) is 13.3 Å². The fourth-order valence-electron chi connectivity index (χ4n) is 3.31. The summed E-state index contributed by atoms with van der Waals surface area (Å²) >= 11 is 0. The number of fused-ring (bicyclic) bond motifs is 1. The largest absolute Gasteiger partial charge is 0.378 e. The zero-order valence-electron chi connectivity index (χ0n) is 14.7. The van der Waals surface area contributed by atoms with Crippen LogP contribution in [-0.2, 0) is 11.2 Å². The lowest BCUT2D eigenvalue weighted by molar-refractivity contribution is 0.0299. The van der Waals surface area contributed by atoms with Crippen molar-refractivity contribution >= 4 is 16.9 Å². The van der Waals surface area contributed by atoms with Gasteiger partial charge in [-0.2, -0.15) is 0 Å². The molecule has 1 aromatic carbocycles. The highest BCUT2D eigenvalue weighted by Crippen LogP contribution is 2.19. The standard InChI is InChI=1S/C20H21N3O3/c1-2-14-3-6-16(7-4-14)23-18(24)8-5-15-13-17(21-19(15)23)20(25)22-9-11-26-12-10-22/h3-8,13,21H,2,9-12H2,1H3. The van der Waals surface area contributed by atoms with Crippen molar-refractivity contribution in [3.63, 3.8) is 0 Å². The first-order chi connectivity index (χ1) is 12.7. The molecule has 1 N–H and O–H groups in total. The molecule has 1 fully saturated rings. The molecule has 0 atom stereocenters. The van der Waals surface area contributed by atoms with Crippen LogP contribution < -0.4 is 5.56 Å². The lowest BCUT2D eigenvalue weighted by Gasteiger charge is -2.26. The second kappa shape index (κ2) is 6.80. The lowest BCUT2D eigenvalue weighted by Crippen LogP contribution is -2.40. The van der Waals surface area contributed by atoms with Crippen LogP contribution in [0.5, 0.6) is 0 Å². The van der Waals surface area contributed by atoms with Crippen molar-refractivity contribution in [3.05, 3.63) is 64.1 Å². The molecule has 0 unspecified atom stereocenters. The van der Waals surface area contributed by atoms with Gasteiger partial charge in [0.1, 0.15) is 11.3 Å². The number of nitrogens with zero attached hydrogens (tertiary/aromatic N) is 2. The van der Waals surface area contributed by atoms with Crippen molar-refractivity contribution in [2.75, 3.05) is 26.3 Å². The number of morpholine rings is 1. The number of H-pyrrole nitrogens is 1. The molecule has 6 heteroatoms. The van der Waals surface area contributed by atoms with E-state index in [0.29, 0.717) is 37.6 Å². The third-order valence-electron chi connectivity index (χ3n) is 4.81. The van der Waals surface area contributed by atoms with Crippen LogP contribution in [-0.4, -0.2) is 46.7 Å². The fourth-order valence-corrected chi connectivity index (χ4v) is 3.31. The van der Waals surface area contributed by atoms with Gasteiger partial charge in [0.2, 0.25) is 0 Å². The summed E-state index contributed by atoms with van der Waals surface area (Å²) in [5.74, 6) is -0.0650. The number of hydrogen-bond donors (Lipinski definition) is 1. The Labute approximate surface area is 151 Å². The molecule has 4 rings (SSSR count). The Balaban J connectivity index is 1.78. The van der Waals surface area contributed by atoms with Crippen molar-refractivity contribution in [3.8, 4) is 5.69 Å². The number of nitrogens with one attached hydrogen (secondary N) is 1. The van der Waals surface area contributed by atoms with Crippen LogP contribution in [0.3, 0.4) is 0 Å². The number of rotatable bonds is 3. The number of aromatic nitrogens is 2. The quantitative estimate of drug-likeness (QED) is 0.788. The molecule has 1 aliphatic rings. The van der Waals surface area contributed by atoms with Gasteiger partial charge in [0.25, 0.3) is 11.5 Å². The van der Waals surface area contributed by atoms with Gasteiger partial charge in [-0.05, 0) is 36.2 Å². The van der Waals surface area contributed by atoms with Crippen molar-refractivity contribution in [1.82, 2.24) is 14.5 Å². The van der Waals surface area contributed by atoms with E-state index < -0.39 is 0 Å². The molecular weight excluding hydrogens is 330 g/mol. The summed E-state index contributed by atoms with van der Waals surface area (Å²) in [5.41, 5.74) is 2.99. The molecule has 2 aromatic heterocycles. The van der Waals surface area contributed by atoms with Gasteiger partial charge in [-0.1, -0.05) is 19.1 Å². The Hall–Kier alpha value is -2.86. The summed E-state index contributed by atoms with van der Waals surface area (Å²) in [6.45, 7) is 4.37. The topological polar surface area (TPSA) is 67.3 Å². The normalized spacial score (nSPS) is 14.7. The molecule has 0 radical (unpaired) electrons. The Morgan fingerprint density at radius 2 is 1.85 bits per heavy atom. The van der Waals surface area contributed by atoms with E-state index in [0.717, 1.165) is 17.5 Å².